The minimum atomic E-state index is -0.718. The second-order valence-corrected chi connectivity index (χ2v) is 4.97. The van der Waals surface area contributed by atoms with Crippen molar-refractivity contribution in [3.8, 4) is 0 Å². The molecule has 2 heterocycles. The fourth-order valence-corrected chi connectivity index (χ4v) is 2.39. The molecular weight excluding hydrogens is 234 g/mol. The van der Waals surface area contributed by atoms with Crippen molar-refractivity contribution >= 4 is 5.97 Å². The Morgan fingerprint density at radius 1 is 1.56 bits per heavy atom. The maximum absolute atomic E-state index is 11.0. The summed E-state index contributed by atoms with van der Waals surface area (Å²) in [6.07, 6.45) is 1.77. The first-order valence-corrected chi connectivity index (χ1v) is 6.36. The Labute approximate surface area is 106 Å². The normalized spacial score (nSPS) is 24.6. The molecule has 1 aliphatic rings. The highest BCUT2D eigenvalue weighted by Gasteiger charge is 2.35. The summed E-state index contributed by atoms with van der Waals surface area (Å²) in [4.78, 5) is 17.4. The molecule has 100 valence electrons. The largest absolute Gasteiger partial charge is 0.481 e. The smallest absolute Gasteiger partial charge is 0.308 e. The van der Waals surface area contributed by atoms with Gasteiger partial charge in [-0.05, 0) is 12.3 Å². The number of nitrogens with zero attached hydrogens (tertiary/aromatic N) is 3. The van der Waals surface area contributed by atoms with Crippen LogP contribution in [0.5, 0.6) is 0 Å². The van der Waals surface area contributed by atoms with Gasteiger partial charge in [0.25, 0.3) is 0 Å². The summed E-state index contributed by atoms with van der Waals surface area (Å²) in [5.41, 5.74) is 0. The molecule has 6 nitrogen and oxygen atoms in total. The molecule has 1 saturated heterocycles. The van der Waals surface area contributed by atoms with Crippen molar-refractivity contribution in [1.29, 1.82) is 0 Å². The van der Waals surface area contributed by atoms with E-state index < -0.39 is 5.97 Å². The molecule has 1 aliphatic heterocycles. The molecule has 6 heteroatoms. The molecule has 0 aliphatic carbocycles. The monoisotopic (exact) mass is 253 g/mol. The third-order valence-corrected chi connectivity index (χ3v) is 3.34. The molecule has 0 radical (unpaired) electrons. The number of aromatic nitrogens is 2. The number of carboxylic acids is 1. The summed E-state index contributed by atoms with van der Waals surface area (Å²) in [6.45, 7) is 5.94. The van der Waals surface area contributed by atoms with E-state index in [0.29, 0.717) is 24.8 Å². The zero-order valence-electron chi connectivity index (χ0n) is 10.8. The number of hydrogen-bond acceptors (Lipinski definition) is 5. The zero-order valence-corrected chi connectivity index (χ0v) is 10.8. The van der Waals surface area contributed by atoms with Crippen LogP contribution in [-0.4, -0.2) is 39.2 Å². The highest BCUT2D eigenvalue weighted by molar-refractivity contribution is 5.71. The van der Waals surface area contributed by atoms with E-state index >= 15 is 0 Å². The van der Waals surface area contributed by atoms with Crippen LogP contribution in [0.1, 0.15) is 32.0 Å². The zero-order chi connectivity index (χ0) is 13.1. The van der Waals surface area contributed by atoms with Crippen LogP contribution in [0.2, 0.25) is 0 Å². The number of rotatable bonds is 5. The molecule has 1 aromatic heterocycles. The summed E-state index contributed by atoms with van der Waals surface area (Å²) in [5.74, 6) is 0.479. The Bertz CT molecular complexity index is 418. The minimum absolute atomic E-state index is 0.171. The number of carboxylic acid groups (broad SMARTS) is 1. The van der Waals surface area contributed by atoms with E-state index in [-0.39, 0.29) is 11.8 Å². The summed E-state index contributed by atoms with van der Waals surface area (Å²) < 4.78 is 5.11. The Morgan fingerprint density at radius 3 is 2.94 bits per heavy atom. The van der Waals surface area contributed by atoms with E-state index in [2.05, 4.69) is 22.0 Å². The van der Waals surface area contributed by atoms with E-state index in [0.717, 1.165) is 19.4 Å². The topological polar surface area (TPSA) is 79.5 Å². The van der Waals surface area contributed by atoms with Crippen molar-refractivity contribution in [2.75, 3.05) is 13.1 Å². The van der Waals surface area contributed by atoms with Crippen LogP contribution >= 0.6 is 0 Å². The van der Waals surface area contributed by atoms with Gasteiger partial charge in [-0.3, -0.25) is 9.69 Å². The van der Waals surface area contributed by atoms with Gasteiger partial charge in [0.2, 0.25) is 5.89 Å². The molecule has 0 spiro atoms. The van der Waals surface area contributed by atoms with E-state index in [1.165, 1.54) is 0 Å². The predicted molar refractivity (Wildman–Crippen MR) is 63.9 cm³/mol. The van der Waals surface area contributed by atoms with Crippen molar-refractivity contribution in [3.05, 3.63) is 11.7 Å². The van der Waals surface area contributed by atoms with Gasteiger partial charge in [-0.25, -0.2) is 0 Å². The highest BCUT2D eigenvalue weighted by atomic mass is 16.5. The maximum atomic E-state index is 11.0. The van der Waals surface area contributed by atoms with Gasteiger partial charge >= 0.3 is 5.97 Å². The molecule has 1 aromatic rings. The van der Waals surface area contributed by atoms with Crippen LogP contribution in [0.15, 0.2) is 4.52 Å². The van der Waals surface area contributed by atoms with Crippen molar-refractivity contribution in [2.45, 2.75) is 33.2 Å². The summed E-state index contributed by atoms with van der Waals surface area (Å²) in [6, 6.07) is 0. The van der Waals surface area contributed by atoms with Crippen molar-refractivity contribution in [3.63, 3.8) is 0 Å². The molecular formula is C12H19N3O3. The second kappa shape index (κ2) is 5.48. The fourth-order valence-electron chi connectivity index (χ4n) is 2.39. The first kappa shape index (κ1) is 13.0. The van der Waals surface area contributed by atoms with E-state index in [1.807, 2.05) is 6.92 Å². The molecule has 18 heavy (non-hydrogen) atoms. The summed E-state index contributed by atoms with van der Waals surface area (Å²) in [7, 11) is 0. The maximum Gasteiger partial charge on any atom is 0.308 e. The quantitative estimate of drug-likeness (QED) is 0.848. The third-order valence-electron chi connectivity index (χ3n) is 3.34. The number of aliphatic carboxylic acids is 1. The molecule has 0 amide bonds. The van der Waals surface area contributed by atoms with Gasteiger partial charge in [-0.2, -0.15) is 4.98 Å². The number of carbonyl (C=O) groups is 1. The van der Waals surface area contributed by atoms with Gasteiger partial charge in [-0.1, -0.05) is 19.0 Å². The highest BCUT2D eigenvalue weighted by Crippen LogP contribution is 2.24. The molecule has 0 aromatic carbocycles. The fraction of sp³-hybridized carbons (Fsp3) is 0.750. The molecule has 1 fully saturated rings. The van der Waals surface area contributed by atoms with Crippen LogP contribution in [0.3, 0.4) is 0 Å². The summed E-state index contributed by atoms with van der Waals surface area (Å²) in [5, 5.41) is 13.0. The Hall–Kier alpha value is -1.43. The lowest BCUT2D eigenvalue weighted by Crippen LogP contribution is -2.23. The van der Waals surface area contributed by atoms with Crippen molar-refractivity contribution < 1.29 is 14.4 Å². The average Bonchev–Trinajstić information content (AvgIpc) is 2.87. The summed E-state index contributed by atoms with van der Waals surface area (Å²) >= 11 is 0. The van der Waals surface area contributed by atoms with Gasteiger partial charge < -0.3 is 9.63 Å². The number of aryl methyl sites for hydroxylation is 1. The number of likely N-dealkylation sites (tertiary alicyclic amines) is 1. The lowest BCUT2D eigenvalue weighted by molar-refractivity contribution is -0.142. The van der Waals surface area contributed by atoms with E-state index in [1.54, 1.807) is 0 Å². The molecule has 1 N–H and O–H groups in total. The molecule has 0 unspecified atom stereocenters. The Balaban J connectivity index is 1.92. The van der Waals surface area contributed by atoms with Crippen LogP contribution in [0.4, 0.5) is 0 Å². The van der Waals surface area contributed by atoms with Crippen LogP contribution < -0.4 is 0 Å². The van der Waals surface area contributed by atoms with Gasteiger partial charge in [0.15, 0.2) is 5.82 Å². The number of hydrogen-bond donors (Lipinski definition) is 1. The van der Waals surface area contributed by atoms with E-state index in [4.69, 9.17) is 9.63 Å². The molecule has 0 bridgehead atoms. The van der Waals surface area contributed by atoms with Crippen LogP contribution in [-0.2, 0) is 17.8 Å². The Kier molecular flexibility index (Phi) is 3.96. The van der Waals surface area contributed by atoms with Gasteiger partial charge in [0.1, 0.15) is 0 Å². The van der Waals surface area contributed by atoms with Gasteiger partial charge in [0.05, 0.1) is 12.5 Å². The van der Waals surface area contributed by atoms with Crippen LogP contribution in [0, 0.1) is 11.8 Å². The lowest BCUT2D eigenvalue weighted by Gasteiger charge is -2.11. The van der Waals surface area contributed by atoms with Crippen molar-refractivity contribution in [2.24, 2.45) is 11.8 Å². The van der Waals surface area contributed by atoms with Crippen molar-refractivity contribution in [1.82, 2.24) is 15.0 Å². The molecule has 2 rings (SSSR count). The first-order chi connectivity index (χ1) is 8.60. The Morgan fingerprint density at radius 2 is 2.33 bits per heavy atom. The SMILES string of the molecule is CCCc1nc(CN2C[C@@H](C)[C@H](C(=O)O)C2)no1. The third kappa shape index (κ3) is 2.87. The second-order valence-electron chi connectivity index (χ2n) is 4.97. The predicted octanol–water partition coefficient (Wildman–Crippen LogP) is 1.17. The van der Waals surface area contributed by atoms with E-state index in [9.17, 15) is 4.79 Å². The van der Waals surface area contributed by atoms with Crippen LogP contribution in [0.25, 0.3) is 0 Å². The minimum Gasteiger partial charge on any atom is -0.481 e. The standard InChI is InChI=1S/C12H19N3O3/c1-3-4-11-13-10(14-18-11)7-15-5-8(2)9(6-15)12(16)17/h8-9H,3-7H2,1-2H3,(H,16,17)/t8-,9-/m1/s1. The molecule has 2 atom stereocenters. The van der Waals surface area contributed by atoms with Gasteiger partial charge in [-0.15, -0.1) is 0 Å². The first-order valence-electron chi connectivity index (χ1n) is 6.36. The lowest BCUT2D eigenvalue weighted by atomic mass is 9.99. The van der Waals surface area contributed by atoms with Gasteiger partial charge in [0, 0.05) is 19.5 Å². The average molecular weight is 253 g/mol. The molecule has 0 saturated carbocycles.